The van der Waals surface area contributed by atoms with Gasteiger partial charge in [-0.1, -0.05) is 6.07 Å². The third-order valence-corrected chi connectivity index (χ3v) is 4.38. The molecule has 1 aromatic rings. The summed E-state index contributed by atoms with van der Waals surface area (Å²) in [5.41, 5.74) is 0.976. The van der Waals surface area contributed by atoms with Crippen molar-refractivity contribution in [3.8, 4) is 11.5 Å². The van der Waals surface area contributed by atoms with Crippen LogP contribution in [-0.2, 0) is 16.1 Å². The Balaban J connectivity index is 0.00000261. The number of ether oxygens (including phenoxy) is 4. The third kappa shape index (κ3) is 6.14. The summed E-state index contributed by atoms with van der Waals surface area (Å²) >= 11 is 0. The van der Waals surface area contributed by atoms with Crippen LogP contribution in [0.25, 0.3) is 0 Å². The first-order valence-electron chi connectivity index (χ1n) is 8.94. The molecule has 8 nitrogen and oxygen atoms in total. The number of amides is 1. The molecule has 27 heavy (non-hydrogen) atoms. The van der Waals surface area contributed by atoms with Crippen LogP contribution in [0.4, 0.5) is 4.79 Å². The number of carbonyl (C=O) groups excluding carboxylic acids is 1. The van der Waals surface area contributed by atoms with Gasteiger partial charge in [0.05, 0.1) is 25.9 Å². The van der Waals surface area contributed by atoms with Crippen LogP contribution in [0.1, 0.15) is 12.5 Å². The maximum Gasteiger partial charge on any atom is 0.409 e. The van der Waals surface area contributed by atoms with E-state index in [1.54, 1.807) is 11.8 Å². The molecule has 1 fully saturated rings. The Kier molecular flexibility index (Phi) is 8.43. The lowest BCUT2D eigenvalue weighted by atomic mass is 10.2. The third-order valence-electron chi connectivity index (χ3n) is 4.38. The Morgan fingerprint density at radius 2 is 1.96 bits per heavy atom. The zero-order valence-corrected chi connectivity index (χ0v) is 16.3. The second-order valence-electron chi connectivity index (χ2n) is 6.34. The topological polar surface area (TPSA) is 80.7 Å². The molecule has 0 radical (unpaired) electrons. The molecule has 2 aliphatic heterocycles. The number of fused-ring (bicyclic) bond motifs is 1. The van der Waals surface area contributed by atoms with E-state index in [0.717, 1.165) is 30.2 Å². The molecule has 3 rings (SSSR count). The van der Waals surface area contributed by atoms with Crippen LogP contribution in [0, 0.1) is 0 Å². The lowest BCUT2D eigenvalue weighted by Crippen LogP contribution is -2.50. The van der Waals surface area contributed by atoms with Gasteiger partial charge in [0.15, 0.2) is 11.5 Å². The fraction of sp³-hybridized carbons (Fsp3) is 0.611. The first kappa shape index (κ1) is 21.6. The van der Waals surface area contributed by atoms with Crippen molar-refractivity contribution in [2.24, 2.45) is 0 Å². The molecule has 0 bridgehead atoms. The molecular weight excluding hydrogens is 376 g/mol. The summed E-state index contributed by atoms with van der Waals surface area (Å²) in [6.45, 7) is 6.30. The fourth-order valence-electron chi connectivity index (χ4n) is 3.02. The van der Waals surface area contributed by atoms with Gasteiger partial charge < -0.3 is 29.0 Å². The highest BCUT2D eigenvalue weighted by molar-refractivity contribution is 5.85. The van der Waals surface area contributed by atoms with E-state index in [1.807, 2.05) is 18.2 Å². The number of halogens is 1. The SMILES string of the molecule is CCOC(=O)N1CCN(CC(O)COCc2ccc3c(c2)OCO3)CC1.Cl. The molecule has 0 spiro atoms. The van der Waals surface area contributed by atoms with Gasteiger partial charge in [-0.3, -0.25) is 4.90 Å². The van der Waals surface area contributed by atoms with Gasteiger partial charge in [0, 0.05) is 32.7 Å². The van der Waals surface area contributed by atoms with Crippen LogP contribution in [0.15, 0.2) is 18.2 Å². The lowest BCUT2D eigenvalue weighted by Gasteiger charge is -2.34. The van der Waals surface area contributed by atoms with Crippen molar-refractivity contribution in [1.29, 1.82) is 0 Å². The minimum absolute atomic E-state index is 0. The van der Waals surface area contributed by atoms with Crippen LogP contribution >= 0.6 is 12.4 Å². The minimum atomic E-state index is -0.571. The number of carbonyl (C=O) groups is 1. The zero-order valence-electron chi connectivity index (χ0n) is 15.5. The summed E-state index contributed by atoms with van der Waals surface area (Å²) in [6.07, 6.45) is -0.835. The Morgan fingerprint density at radius 1 is 1.22 bits per heavy atom. The molecule has 1 saturated heterocycles. The quantitative estimate of drug-likeness (QED) is 0.740. The number of piperazine rings is 1. The number of nitrogens with zero attached hydrogens (tertiary/aromatic N) is 2. The van der Waals surface area contributed by atoms with Gasteiger partial charge >= 0.3 is 6.09 Å². The van der Waals surface area contributed by atoms with Crippen LogP contribution in [0.2, 0.25) is 0 Å². The van der Waals surface area contributed by atoms with Crippen LogP contribution < -0.4 is 9.47 Å². The van der Waals surface area contributed by atoms with Gasteiger partial charge in [0.1, 0.15) is 0 Å². The molecule has 0 aromatic heterocycles. The summed E-state index contributed by atoms with van der Waals surface area (Å²) in [6, 6.07) is 5.68. The van der Waals surface area contributed by atoms with Crippen molar-refractivity contribution in [1.82, 2.24) is 9.80 Å². The van der Waals surface area contributed by atoms with Gasteiger partial charge in [-0.25, -0.2) is 4.79 Å². The molecule has 1 unspecified atom stereocenters. The molecule has 1 aromatic carbocycles. The monoisotopic (exact) mass is 402 g/mol. The molecule has 9 heteroatoms. The number of benzene rings is 1. The summed E-state index contributed by atoms with van der Waals surface area (Å²) in [7, 11) is 0. The van der Waals surface area contributed by atoms with Crippen LogP contribution in [0.3, 0.4) is 0 Å². The van der Waals surface area contributed by atoms with Crippen molar-refractivity contribution in [2.45, 2.75) is 19.6 Å². The smallest absolute Gasteiger partial charge is 0.409 e. The molecule has 1 N–H and O–H groups in total. The lowest BCUT2D eigenvalue weighted by molar-refractivity contribution is 0.00117. The molecule has 0 aliphatic carbocycles. The molecule has 2 heterocycles. The largest absolute Gasteiger partial charge is 0.454 e. The van der Waals surface area contributed by atoms with Crippen LogP contribution in [0.5, 0.6) is 11.5 Å². The van der Waals surface area contributed by atoms with E-state index >= 15 is 0 Å². The average molecular weight is 403 g/mol. The molecular formula is C18H27ClN2O6. The summed E-state index contributed by atoms with van der Waals surface area (Å²) in [5.74, 6) is 1.47. The predicted molar refractivity (Wildman–Crippen MR) is 101 cm³/mol. The van der Waals surface area contributed by atoms with E-state index < -0.39 is 6.10 Å². The van der Waals surface area contributed by atoms with E-state index in [4.69, 9.17) is 18.9 Å². The summed E-state index contributed by atoms with van der Waals surface area (Å²) in [5, 5.41) is 10.2. The van der Waals surface area contributed by atoms with E-state index in [2.05, 4.69) is 4.90 Å². The Hall–Kier alpha value is -1.74. The van der Waals surface area contributed by atoms with Gasteiger partial charge in [0.25, 0.3) is 0 Å². The Morgan fingerprint density at radius 3 is 2.70 bits per heavy atom. The van der Waals surface area contributed by atoms with Crippen LogP contribution in [-0.4, -0.2) is 79.8 Å². The highest BCUT2D eigenvalue weighted by Gasteiger charge is 2.23. The van der Waals surface area contributed by atoms with E-state index in [1.165, 1.54) is 0 Å². The van der Waals surface area contributed by atoms with E-state index in [9.17, 15) is 9.90 Å². The first-order chi connectivity index (χ1) is 12.7. The predicted octanol–water partition coefficient (Wildman–Crippen LogP) is 1.49. The second-order valence-corrected chi connectivity index (χ2v) is 6.34. The van der Waals surface area contributed by atoms with Crippen molar-refractivity contribution in [3.63, 3.8) is 0 Å². The molecule has 1 atom stereocenters. The molecule has 1 amide bonds. The number of β-amino-alcohol motifs (C(OH)–C–C–N with tert-alkyl or cyclic N) is 1. The normalized spacial score (nSPS) is 17.3. The average Bonchev–Trinajstić information content (AvgIpc) is 3.10. The van der Waals surface area contributed by atoms with Gasteiger partial charge in [0.2, 0.25) is 6.79 Å². The molecule has 152 valence electrons. The number of hydrogen-bond acceptors (Lipinski definition) is 7. The standard InChI is InChI=1S/C18H26N2O6.ClH/c1-2-24-18(22)20-7-5-19(6-8-20)10-15(21)12-23-11-14-3-4-16-17(9-14)26-13-25-16;/h3-4,9,15,21H,2,5-8,10-13H2,1H3;1H. The number of hydrogen-bond donors (Lipinski definition) is 1. The number of rotatable bonds is 7. The Bertz CT molecular complexity index is 610. The second kappa shape index (κ2) is 10.6. The van der Waals surface area contributed by atoms with Gasteiger partial charge in [-0.15, -0.1) is 12.4 Å². The van der Waals surface area contributed by atoms with Crippen molar-refractivity contribution < 1.29 is 28.8 Å². The maximum atomic E-state index is 11.7. The van der Waals surface area contributed by atoms with Crippen molar-refractivity contribution in [2.75, 3.05) is 52.7 Å². The highest BCUT2D eigenvalue weighted by Crippen LogP contribution is 2.32. The zero-order chi connectivity index (χ0) is 18.4. The fourth-order valence-corrected chi connectivity index (χ4v) is 3.02. The molecule has 0 saturated carbocycles. The summed E-state index contributed by atoms with van der Waals surface area (Å²) in [4.78, 5) is 15.5. The minimum Gasteiger partial charge on any atom is -0.454 e. The Labute approximate surface area is 165 Å². The molecule has 2 aliphatic rings. The van der Waals surface area contributed by atoms with E-state index in [0.29, 0.717) is 32.8 Å². The maximum absolute atomic E-state index is 11.7. The van der Waals surface area contributed by atoms with Crippen molar-refractivity contribution >= 4 is 18.5 Å². The van der Waals surface area contributed by atoms with E-state index in [-0.39, 0.29) is 31.9 Å². The highest BCUT2D eigenvalue weighted by atomic mass is 35.5. The first-order valence-corrected chi connectivity index (χ1v) is 8.94. The van der Waals surface area contributed by atoms with Gasteiger partial charge in [-0.2, -0.15) is 0 Å². The number of aliphatic hydroxyl groups is 1. The van der Waals surface area contributed by atoms with Gasteiger partial charge in [-0.05, 0) is 24.6 Å². The summed E-state index contributed by atoms with van der Waals surface area (Å²) < 4.78 is 21.2. The van der Waals surface area contributed by atoms with Crippen molar-refractivity contribution in [3.05, 3.63) is 23.8 Å². The number of aliphatic hydroxyl groups excluding tert-OH is 1.